The Morgan fingerprint density at radius 1 is 1.10 bits per heavy atom. The van der Waals surface area contributed by atoms with E-state index in [1.165, 1.54) is 25.3 Å². The van der Waals surface area contributed by atoms with Crippen molar-refractivity contribution in [2.24, 2.45) is 0 Å². The first-order valence-corrected chi connectivity index (χ1v) is 6.23. The van der Waals surface area contributed by atoms with Crippen molar-refractivity contribution in [3.05, 3.63) is 59.7 Å². The number of carbonyl (C=O) groups is 2. The van der Waals surface area contributed by atoms with E-state index >= 15 is 0 Å². The van der Waals surface area contributed by atoms with Gasteiger partial charge in [-0.05, 0) is 23.8 Å². The van der Waals surface area contributed by atoms with E-state index in [1.54, 1.807) is 30.3 Å². The van der Waals surface area contributed by atoms with E-state index in [4.69, 9.17) is 4.74 Å². The first-order chi connectivity index (χ1) is 10.0. The molecule has 0 bridgehead atoms. The van der Waals surface area contributed by atoms with E-state index in [1.807, 2.05) is 0 Å². The molecule has 0 aliphatic rings. The molecule has 1 unspecified atom stereocenters. The smallest absolute Gasteiger partial charge is 0.318 e. The Morgan fingerprint density at radius 2 is 1.76 bits per heavy atom. The summed E-state index contributed by atoms with van der Waals surface area (Å²) in [4.78, 5) is 23.8. The molecule has 2 N–H and O–H groups in total. The van der Waals surface area contributed by atoms with Gasteiger partial charge in [0.1, 0.15) is 5.92 Å². The lowest BCUT2D eigenvalue weighted by Gasteiger charge is -2.12. The molecule has 21 heavy (non-hydrogen) atoms. The lowest BCUT2D eigenvalue weighted by Crippen LogP contribution is -2.21. The molecule has 0 radical (unpaired) electrons. The molecule has 0 aliphatic carbocycles. The van der Waals surface area contributed by atoms with Gasteiger partial charge in [-0.25, -0.2) is 0 Å². The molecular weight excluding hydrogens is 272 g/mol. The van der Waals surface area contributed by atoms with Crippen molar-refractivity contribution in [1.82, 2.24) is 0 Å². The first-order valence-electron chi connectivity index (χ1n) is 6.23. The molecule has 0 spiro atoms. The minimum absolute atomic E-state index is 0.115. The highest BCUT2D eigenvalue weighted by atomic mass is 16.5. The van der Waals surface area contributed by atoms with E-state index in [0.29, 0.717) is 5.56 Å². The minimum atomic E-state index is -1.31. The molecule has 2 aromatic rings. The molecule has 0 aromatic heterocycles. The zero-order valence-electron chi connectivity index (χ0n) is 11.3. The summed E-state index contributed by atoms with van der Waals surface area (Å²) in [5.74, 6) is -3.12. The maximum absolute atomic E-state index is 12.4. The average molecular weight is 286 g/mol. The molecule has 0 saturated heterocycles. The van der Waals surface area contributed by atoms with Crippen molar-refractivity contribution < 1.29 is 24.5 Å². The number of hydrogen-bond acceptors (Lipinski definition) is 4. The van der Waals surface area contributed by atoms with Crippen LogP contribution in [0.2, 0.25) is 0 Å². The van der Waals surface area contributed by atoms with Crippen LogP contribution in [0.1, 0.15) is 21.8 Å². The van der Waals surface area contributed by atoms with Crippen molar-refractivity contribution in [2.75, 3.05) is 7.11 Å². The number of carboxylic acids is 1. The van der Waals surface area contributed by atoms with E-state index in [2.05, 4.69) is 0 Å². The standard InChI is InChI=1S/C16H14O5/c1-21-13-8-7-11(9-12(13)17)15(18)14(16(19)20)10-5-3-2-4-6-10/h2-9,14,17H,1H3,(H,19,20). The number of ketones is 1. The Hall–Kier alpha value is -2.82. The van der Waals surface area contributed by atoms with Crippen LogP contribution in [0, 0.1) is 0 Å². The maximum atomic E-state index is 12.4. The molecule has 5 heteroatoms. The normalized spacial score (nSPS) is 11.7. The van der Waals surface area contributed by atoms with Gasteiger partial charge in [-0.3, -0.25) is 9.59 Å². The fourth-order valence-corrected chi connectivity index (χ4v) is 2.06. The number of hydrogen-bond donors (Lipinski definition) is 2. The number of carboxylic acid groups (broad SMARTS) is 1. The fraction of sp³-hybridized carbons (Fsp3) is 0.125. The summed E-state index contributed by atoms with van der Waals surface area (Å²) in [6, 6.07) is 12.3. The molecule has 5 nitrogen and oxygen atoms in total. The predicted molar refractivity (Wildman–Crippen MR) is 75.8 cm³/mol. The third-order valence-corrected chi connectivity index (χ3v) is 3.11. The molecule has 0 amide bonds. The van der Waals surface area contributed by atoms with Crippen LogP contribution in [0.4, 0.5) is 0 Å². The van der Waals surface area contributed by atoms with Crippen molar-refractivity contribution in [3.63, 3.8) is 0 Å². The summed E-state index contributed by atoms with van der Waals surface area (Å²) in [6.45, 7) is 0. The Labute approximate surface area is 121 Å². The summed E-state index contributed by atoms with van der Waals surface area (Å²) in [7, 11) is 1.39. The number of aliphatic carboxylic acids is 1. The van der Waals surface area contributed by atoms with Crippen LogP contribution in [-0.2, 0) is 4.79 Å². The Balaban J connectivity index is 2.40. The number of benzene rings is 2. The largest absolute Gasteiger partial charge is 0.504 e. The molecule has 2 aromatic carbocycles. The van der Waals surface area contributed by atoms with Gasteiger partial charge in [0.15, 0.2) is 17.3 Å². The van der Waals surface area contributed by atoms with Gasteiger partial charge in [0, 0.05) is 5.56 Å². The van der Waals surface area contributed by atoms with Crippen LogP contribution in [0.15, 0.2) is 48.5 Å². The lowest BCUT2D eigenvalue weighted by atomic mass is 9.90. The number of aromatic hydroxyl groups is 1. The van der Waals surface area contributed by atoms with E-state index in [-0.39, 0.29) is 17.1 Å². The average Bonchev–Trinajstić information content (AvgIpc) is 2.48. The Morgan fingerprint density at radius 3 is 2.29 bits per heavy atom. The van der Waals surface area contributed by atoms with Crippen molar-refractivity contribution in [3.8, 4) is 11.5 Å². The number of ether oxygens (including phenoxy) is 1. The van der Waals surface area contributed by atoms with Gasteiger partial charge in [-0.15, -0.1) is 0 Å². The van der Waals surface area contributed by atoms with Gasteiger partial charge in [0.2, 0.25) is 0 Å². The summed E-state index contributed by atoms with van der Waals surface area (Å²) < 4.78 is 4.89. The van der Waals surface area contributed by atoms with Gasteiger partial charge in [0.25, 0.3) is 0 Å². The van der Waals surface area contributed by atoms with Gasteiger partial charge in [-0.1, -0.05) is 30.3 Å². The minimum Gasteiger partial charge on any atom is -0.504 e. The van der Waals surface area contributed by atoms with E-state index in [9.17, 15) is 19.8 Å². The fourth-order valence-electron chi connectivity index (χ4n) is 2.06. The maximum Gasteiger partial charge on any atom is 0.318 e. The molecular formula is C16H14O5. The number of rotatable bonds is 5. The van der Waals surface area contributed by atoms with Gasteiger partial charge in [0.05, 0.1) is 7.11 Å². The van der Waals surface area contributed by atoms with Crippen molar-refractivity contribution in [1.29, 1.82) is 0 Å². The lowest BCUT2D eigenvalue weighted by molar-refractivity contribution is -0.137. The molecule has 108 valence electrons. The number of Topliss-reactive ketones (excluding diaryl/α,β-unsaturated/α-hetero) is 1. The number of phenolic OH excluding ortho intramolecular Hbond substituents is 1. The van der Waals surface area contributed by atoms with Crippen LogP contribution < -0.4 is 4.74 Å². The van der Waals surface area contributed by atoms with Crippen LogP contribution in [0.25, 0.3) is 0 Å². The highest BCUT2D eigenvalue weighted by Gasteiger charge is 2.29. The summed E-state index contributed by atoms with van der Waals surface area (Å²) in [6.07, 6.45) is 0. The molecule has 0 saturated carbocycles. The Bertz CT molecular complexity index is 664. The van der Waals surface area contributed by atoms with Gasteiger partial charge >= 0.3 is 5.97 Å². The van der Waals surface area contributed by atoms with Gasteiger partial charge in [-0.2, -0.15) is 0 Å². The zero-order valence-corrected chi connectivity index (χ0v) is 11.3. The van der Waals surface area contributed by atoms with Crippen molar-refractivity contribution >= 4 is 11.8 Å². The van der Waals surface area contributed by atoms with Crippen molar-refractivity contribution in [2.45, 2.75) is 5.92 Å². The molecule has 0 fully saturated rings. The number of phenols is 1. The first kappa shape index (κ1) is 14.6. The third-order valence-electron chi connectivity index (χ3n) is 3.11. The van der Waals surface area contributed by atoms with Crippen LogP contribution in [0.3, 0.4) is 0 Å². The van der Waals surface area contributed by atoms with Crippen LogP contribution in [0.5, 0.6) is 11.5 Å². The highest BCUT2D eigenvalue weighted by molar-refractivity contribution is 6.12. The topological polar surface area (TPSA) is 83.8 Å². The quantitative estimate of drug-likeness (QED) is 0.651. The highest BCUT2D eigenvalue weighted by Crippen LogP contribution is 2.29. The molecule has 0 aliphatic heterocycles. The van der Waals surface area contributed by atoms with Gasteiger partial charge < -0.3 is 14.9 Å². The predicted octanol–water partition coefficient (Wildman–Crippen LogP) is 2.45. The Kier molecular flexibility index (Phi) is 4.23. The summed E-state index contributed by atoms with van der Waals surface area (Å²) in [5.41, 5.74) is 0.509. The summed E-state index contributed by atoms with van der Waals surface area (Å²) >= 11 is 0. The summed E-state index contributed by atoms with van der Waals surface area (Å²) in [5, 5.41) is 19.0. The number of carbonyl (C=O) groups excluding carboxylic acids is 1. The van der Waals surface area contributed by atoms with E-state index < -0.39 is 17.7 Å². The second-order valence-corrected chi connectivity index (χ2v) is 4.43. The van der Waals surface area contributed by atoms with Crippen LogP contribution >= 0.6 is 0 Å². The molecule has 1 atom stereocenters. The monoisotopic (exact) mass is 286 g/mol. The third kappa shape index (κ3) is 3.02. The second kappa shape index (κ2) is 6.09. The second-order valence-electron chi connectivity index (χ2n) is 4.43. The van der Waals surface area contributed by atoms with E-state index in [0.717, 1.165) is 0 Å². The zero-order chi connectivity index (χ0) is 15.4. The molecule has 0 heterocycles. The SMILES string of the molecule is COc1ccc(C(=O)C(C(=O)O)c2ccccc2)cc1O. The van der Waals surface area contributed by atoms with Crippen LogP contribution in [-0.4, -0.2) is 29.1 Å². The molecule has 2 rings (SSSR count). The number of methoxy groups -OCH3 is 1.